The Morgan fingerprint density at radius 1 is 1.42 bits per heavy atom. The van der Waals surface area contributed by atoms with Gasteiger partial charge >= 0.3 is 6.03 Å². The van der Waals surface area contributed by atoms with Crippen molar-refractivity contribution >= 4 is 6.03 Å². The van der Waals surface area contributed by atoms with Gasteiger partial charge < -0.3 is 20.1 Å². The smallest absolute Gasteiger partial charge is 0.317 e. The lowest BCUT2D eigenvalue weighted by atomic mass is 9.92. The highest BCUT2D eigenvalue weighted by molar-refractivity contribution is 5.74. The summed E-state index contributed by atoms with van der Waals surface area (Å²) >= 11 is 0. The van der Waals surface area contributed by atoms with Crippen molar-refractivity contribution in [2.24, 2.45) is 5.92 Å². The first-order valence-corrected chi connectivity index (χ1v) is 8.46. The van der Waals surface area contributed by atoms with Crippen LogP contribution in [-0.2, 0) is 6.42 Å². The molecule has 5 heteroatoms. The number of amides is 2. The van der Waals surface area contributed by atoms with E-state index in [0.29, 0.717) is 25.6 Å². The summed E-state index contributed by atoms with van der Waals surface area (Å²) in [5, 5.41) is 12.6. The Labute approximate surface area is 144 Å². The van der Waals surface area contributed by atoms with Crippen LogP contribution in [0, 0.1) is 18.3 Å². The molecular weight excluding hydrogens is 304 g/mol. The molecule has 1 fully saturated rings. The fraction of sp³-hybridized carbons (Fsp3) is 0.526. The molecule has 0 aromatic heterocycles. The van der Waals surface area contributed by atoms with E-state index in [1.165, 1.54) is 0 Å². The Kier molecular flexibility index (Phi) is 6.95. The number of carbonyl (C=O) groups is 1. The SMILES string of the molecule is C#CCOc1ccc(CCNC(=O)N2CCC(C(C)O)CC2)cc1. The number of nitrogens with zero attached hydrogens (tertiary/aromatic N) is 1. The summed E-state index contributed by atoms with van der Waals surface area (Å²) in [6.45, 7) is 4.11. The summed E-state index contributed by atoms with van der Waals surface area (Å²) in [7, 11) is 0. The quantitative estimate of drug-likeness (QED) is 0.785. The number of likely N-dealkylation sites (tertiary alicyclic amines) is 1. The second-order valence-electron chi connectivity index (χ2n) is 6.18. The lowest BCUT2D eigenvalue weighted by Crippen LogP contribution is -2.46. The topological polar surface area (TPSA) is 61.8 Å². The third kappa shape index (κ3) is 5.47. The minimum atomic E-state index is -0.289. The van der Waals surface area contributed by atoms with Crippen LogP contribution in [0.25, 0.3) is 0 Å². The van der Waals surface area contributed by atoms with E-state index in [-0.39, 0.29) is 18.7 Å². The number of ether oxygens (including phenoxy) is 1. The predicted molar refractivity (Wildman–Crippen MR) is 93.9 cm³/mol. The van der Waals surface area contributed by atoms with Crippen LogP contribution in [0.4, 0.5) is 4.79 Å². The molecule has 1 aromatic rings. The molecule has 130 valence electrons. The Bertz CT molecular complexity index is 555. The lowest BCUT2D eigenvalue weighted by Gasteiger charge is -2.33. The normalized spacial score (nSPS) is 16.3. The van der Waals surface area contributed by atoms with Crippen LogP contribution in [-0.4, -0.2) is 48.4 Å². The van der Waals surface area contributed by atoms with Gasteiger partial charge in [-0.1, -0.05) is 18.1 Å². The zero-order valence-electron chi connectivity index (χ0n) is 14.2. The molecular formula is C19H26N2O3. The van der Waals surface area contributed by atoms with Crippen molar-refractivity contribution in [1.82, 2.24) is 10.2 Å². The Balaban J connectivity index is 1.68. The fourth-order valence-corrected chi connectivity index (χ4v) is 2.89. The standard InChI is InChI=1S/C19H26N2O3/c1-3-14-24-18-6-4-16(5-7-18)8-11-20-19(23)21-12-9-17(10-13-21)15(2)22/h1,4-7,15,17,22H,8-14H2,2H3,(H,20,23). The number of piperidine rings is 1. The summed E-state index contributed by atoms with van der Waals surface area (Å²) in [5.74, 6) is 3.49. The van der Waals surface area contributed by atoms with Crippen molar-refractivity contribution in [3.63, 3.8) is 0 Å². The first-order valence-electron chi connectivity index (χ1n) is 8.46. The number of nitrogens with one attached hydrogen (secondary N) is 1. The van der Waals surface area contributed by atoms with Gasteiger partial charge in [0.1, 0.15) is 12.4 Å². The number of rotatable bonds is 6. The number of terminal acetylenes is 1. The maximum atomic E-state index is 12.2. The van der Waals surface area contributed by atoms with Gasteiger partial charge in [0.25, 0.3) is 0 Å². The zero-order valence-corrected chi connectivity index (χ0v) is 14.2. The lowest BCUT2D eigenvalue weighted by molar-refractivity contribution is 0.0799. The van der Waals surface area contributed by atoms with Gasteiger partial charge in [-0.25, -0.2) is 4.79 Å². The van der Waals surface area contributed by atoms with Gasteiger partial charge in [0, 0.05) is 19.6 Å². The molecule has 5 nitrogen and oxygen atoms in total. The molecule has 1 saturated heterocycles. The number of benzene rings is 1. The minimum Gasteiger partial charge on any atom is -0.481 e. The van der Waals surface area contributed by atoms with Crippen molar-refractivity contribution in [2.75, 3.05) is 26.2 Å². The van der Waals surface area contributed by atoms with Crippen molar-refractivity contribution in [3.05, 3.63) is 29.8 Å². The predicted octanol–water partition coefficient (Wildman–Crippen LogP) is 2.04. The highest BCUT2D eigenvalue weighted by Gasteiger charge is 2.25. The van der Waals surface area contributed by atoms with Crippen LogP contribution in [0.3, 0.4) is 0 Å². The first-order chi connectivity index (χ1) is 11.6. The first kappa shape index (κ1) is 18.2. The zero-order chi connectivity index (χ0) is 17.4. The van der Waals surface area contributed by atoms with E-state index in [4.69, 9.17) is 11.2 Å². The van der Waals surface area contributed by atoms with Gasteiger partial charge in [-0.05, 0) is 49.8 Å². The molecule has 1 aromatic carbocycles. The number of aliphatic hydroxyl groups excluding tert-OH is 1. The van der Waals surface area contributed by atoms with Crippen LogP contribution >= 0.6 is 0 Å². The molecule has 0 aliphatic carbocycles. The molecule has 2 rings (SSSR count). The third-order valence-electron chi connectivity index (χ3n) is 4.44. The number of hydrogen-bond donors (Lipinski definition) is 2. The molecule has 1 atom stereocenters. The summed E-state index contributed by atoms with van der Waals surface area (Å²) in [6.07, 6.45) is 7.36. The van der Waals surface area contributed by atoms with E-state index in [2.05, 4.69) is 11.2 Å². The number of aliphatic hydroxyl groups is 1. The van der Waals surface area contributed by atoms with Gasteiger partial charge in [-0.2, -0.15) is 0 Å². The Morgan fingerprint density at radius 3 is 2.67 bits per heavy atom. The maximum absolute atomic E-state index is 12.2. The molecule has 0 saturated carbocycles. The fourth-order valence-electron chi connectivity index (χ4n) is 2.89. The average molecular weight is 330 g/mol. The minimum absolute atomic E-state index is 0.0204. The largest absolute Gasteiger partial charge is 0.481 e. The number of hydrogen-bond acceptors (Lipinski definition) is 3. The summed E-state index contributed by atoms with van der Waals surface area (Å²) < 4.78 is 5.33. The highest BCUT2D eigenvalue weighted by atomic mass is 16.5. The number of urea groups is 1. The Morgan fingerprint density at radius 2 is 2.08 bits per heavy atom. The molecule has 0 radical (unpaired) electrons. The van der Waals surface area contributed by atoms with Crippen LogP contribution < -0.4 is 10.1 Å². The summed E-state index contributed by atoms with van der Waals surface area (Å²) in [5.41, 5.74) is 1.14. The molecule has 0 spiro atoms. The van der Waals surface area contributed by atoms with Crippen LogP contribution in [0.1, 0.15) is 25.3 Å². The molecule has 2 amide bonds. The van der Waals surface area contributed by atoms with Crippen molar-refractivity contribution in [1.29, 1.82) is 0 Å². The molecule has 24 heavy (non-hydrogen) atoms. The van der Waals surface area contributed by atoms with Crippen LogP contribution in [0.2, 0.25) is 0 Å². The van der Waals surface area contributed by atoms with E-state index in [1.807, 2.05) is 36.1 Å². The van der Waals surface area contributed by atoms with Crippen LogP contribution in [0.5, 0.6) is 5.75 Å². The monoisotopic (exact) mass is 330 g/mol. The van der Waals surface area contributed by atoms with Gasteiger partial charge in [-0.15, -0.1) is 6.42 Å². The van der Waals surface area contributed by atoms with Gasteiger partial charge in [-0.3, -0.25) is 0 Å². The Hall–Kier alpha value is -2.19. The summed E-state index contributed by atoms with van der Waals surface area (Å²) in [4.78, 5) is 14.0. The molecule has 1 heterocycles. The maximum Gasteiger partial charge on any atom is 0.317 e. The van der Waals surface area contributed by atoms with E-state index >= 15 is 0 Å². The molecule has 2 N–H and O–H groups in total. The molecule has 1 aliphatic heterocycles. The van der Waals surface area contributed by atoms with Crippen molar-refractivity contribution < 1.29 is 14.6 Å². The molecule has 0 bridgehead atoms. The van der Waals surface area contributed by atoms with Crippen molar-refractivity contribution in [2.45, 2.75) is 32.3 Å². The summed E-state index contributed by atoms with van der Waals surface area (Å²) in [6, 6.07) is 7.70. The van der Waals surface area contributed by atoms with Gasteiger partial charge in [0.2, 0.25) is 0 Å². The highest BCUT2D eigenvalue weighted by Crippen LogP contribution is 2.20. The van der Waals surface area contributed by atoms with E-state index in [0.717, 1.165) is 30.6 Å². The van der Waals surface area contributed by atoms with Crippen LogP contribution in [0.15, 0.2) is 24.3 Å². The van der Waals surface area contributed by atoms with Crippen molar-refractivity contribution in [3.8, 4) is 18.1 Å². The van der Waals surface area contributed by atoms with Gasteiger partial charge in [0.05, 0.1) is 6.10 Å². The van der Waals surface area contributed by atoms with E-state index in [1.54, 1.807) is 0 Å². The molecule has 1 unspecified atom stereocenters. The van der Waals surface area contributed by atoms with Gasteiger partial charge in [0.15, 0.2) is 0 Å². The van der Waals surface area contributed by atoms with E-state index < -0.39 is 0 Å². The number of carbonyl (C=O) groups excluding carboxylic acids is 1. The second kappa shape index (κ2) is 9.19. The third-order valence-corrected chi connectivity index (χ3v) is 4.44. The molecule has 1 aliphatic rings. The average Bonchev–Trinajstić information content (AvgIpc) is 2.61. The second-order valence-corrected chi connectivity index (χ2v) is 6.18. The van der Waals surface area contributed by atoms with E-state index in [9.17, 15) is 9.90 Å².